The number of likely N-dealkylation sites (N-methyl/N-ethyl adjacent to an activating group) is 1. The van der Waals surface area contributed by atoms with Gasteiger partial charge in [0.1, 0.15) is 18.3 Å². The second-order valence-corrected chi connectivity index (χ2v) is 12.0. The van der Waals surface area contributed by atoms with Gasteiger partial charge in [-0.3, -0.25) is 24.0 Å². The molecule has 1 atom stereocenters. The van der Waals surface area contributed by atoms with Crippen molar-refractivity contribution in [1.82, 2.24) is 10.2 Å². The van der Waals surface area contributed by atoms with Crippen LogP contribution >= 0.6 is 23.2 Å². The first-order valence-electron chi connectivity index (χ1n) is 12.7. The highest BCUT2D eigenvalue weighted by Gasteiger charge is 2.35. The van der Waals surface area contributed by atoms with E-state index in [9.17, 15) is 28.1 Å². The van der Waals surface area contributed by atoms with Crippen molar-refractivity contribution in [2.45, 2.75) is 37.8 Å². The summed E-state index contributed by atoms with van der Waals surface area (Å²) < 4.78 is 34.4. The van der Waals surface area contributed by atoms with Crippen molar-refractivity contribution in [3.05, 3.63) is 92.0 Å². The lowest BCUT2D eigenvalue weighted by atomic mass is 10.1. The predicted molar refractivity (Wildman–Crippen MR) is 161 cm³/mol. The molecule has 3 aromatic carbocycles. The van der Waals surface area contributed by atoms with Crippen molar-refractivity contribution in [2.24, 2.45) is 0 Å². The highest BCUT2D eigenvalue weighted by molar-refractivity contribution is 7.92. The number of anilines is 1. The minimum atomic E-state index is -4.62. The lowest BCUT2D eigenvalue weighted by Gasteiger charge is -2.33. The van der Waals surface area contributed by atoms with Gasteiger partial charge in [0.15, 0.2) is 0 Å². The molecule has 0 spiro atoms. The van der Waals surface area contributed by atoms with Crippen LogP contribution in [0.25, 0.3) is 0 Å². The fourth-order valence-electron chi connectivity index (χ4n) is 4.32. The molecule has 0 fully saturated rings. The summed E-state index contributed by atoms with van der Waals surface area (Å²) in [7, 11) is -1.86. The van der Waals surface area contributed by atoms with E-state index in [1.54, 1.807) is 31.2 Å². The van der Waals surface area contributed by atoms with E-state index in [2.05, 4.69) is 5.32 Å². The molecule has 3 aromatic rings. The van der Waals surface area contributed by atoms with Crippen molar-refractivity contribution >= 4 is 56.4 Å². The molecule has 0 aliphatic rings. The Kier molecular flexibility index (Phi) is 10.8. The van der Waals surface area contributed by atoms with E-state index in [-0.39, 0.29) is 35.0 Å². The van der Waals surface area contributed by atoms with Crippen LogP contribution in [0.5, 0.6) is 5.75 Å². The summed E-state index contributed by atoms with van der Waals surface area (Å²) in [4.78, 5) is 38.6. The third kappa shape index (κ3) is 7.30. The van der Waals surface area contributed by atoms with E-state index in [4.69, 9.17) is 27.9 Å². The zero-order valence-corrected chi connectivity index (χ0v) is 25.7. The minimum Gasteiger partial charge on any atom is -0.495 e. The Morgan fingerprint density at radius 1 is 1.05 bits per heavy atom. The molecule has 0 saturated heterocycles. The van der Waals surface area contributed by atoms with Gasteiger partial charge in [0.05, 0.1) is 22.6 Å². The molecule has 0 bridgehead atoms. The van der Waals surface area contributed by atoms with Crippen LogP contribution in [-0.4, -0.2) is 56.8 Å². The number of halogens is 2. The number of nitro benzene ring substituents is 1. The number of hydrogen-bond acceptors (Lipinski definition) is 7. The molecule has 0 aromatic heterocycles. The average Bonchev–Trinajstić information content (AvgIpc) is 2.96. The van der Waals surface area contributed by atoms with Crippen LogP contribution < -0.4 is 14.4 Å². The van der Waals surface area contributed by atoms with Crippen LogP contribution in [0.4, 0.5) is 11.4 Å². The standard InChI is InChI=1S/C28H30Cl2N4O7S/c1-5-23(28(36)31-3)32(16-19-7-9-20(29)10-8-19)27(35)17-33(25-14-21(30)11-13-26(25)41-4)42(39,40)22-12-6-18(2)24(15-22)34(37)38/h6-15,23H,5,16-17H2,1-4H3,(H,31,36). The van der Waals surface area contributed by atoms with Gasteiger partial charge >= 0.3 is 0 Å². The van der Waals surface area contributed by atoms with Crippen LogP contribution in [-0.2, 0) is 26.2 Å². The number of sulfonamides is 1. The van der Waals surface area contributed by atoms with Gasteiger partial charge < -0.3 is 15.0 Å². The van der Waals surface area contributed by atoms with Gasteiger partial charge in [-0.2, -0.15) is 0 Å². The molecule has 42 heavy (non-hydrogen) atoms. The molecule has 0 radical (unpaired) electrons. The number of ether oxygens (including phenoxy) is 1. The van der Waals surface area contributed by atoms with Crippen LogP contribution in [0.3, 0.4) is 0 Å². The summed E-state index contributed by atoms with van der Waals surface area (Å²) in [5.41, 5.74) is 0.433. The highest BCUT2D eigenvalue weighted by atomic mass is 35.5. The van der Waals surface area contributed by atoms with E-state index in [0.717, 1.165) is 10.4 Å². The first-order chi connectivity index (χ1) is 19.8. The second-order valence-electron chi connectivity index (χ2n) is 9.22. The Labute approximate surface area is 254 Å². The molecular weight excluding hydrogens is 607 g/mol. The Morgan fingerprint density at radius 3 is 2.26 bits per heavy atom. The van der Waals surface area contributed by atoms with E-state index in [1.807, 2.05) is 0 Å². The molecule has 11 nitrogen and oxygen atoms in total. The molecule has 0 heterocycles. The number of hydrogen-bond donors (Lipinski definition) is 1. The molecule has 0 aliphatic carbocycles. The summed E-state index contributed by atoms with van der Waals surface area (Å²) in [6, 6.07) is 13.4. The third-order valence-corrected chi connectivity index (χ3v) is 8.80. The monoisotopic (exact) mass is 636 g/mol. The van der Waals surface area contributed by atoms with Crippen molar-refractivity contribution in [3.63, 3.8) is 0 Å². The quantitative estimate of drug-likeness (QED) is 0.219. The maximum atomic E-state index is 14.1. The molecule has 14 heteroatoms. The molecule has 224 valence electrons. The van der Waals surface area contributed by atoms with Gasteiger partial charge in [-0.15, -0.1) is 0 Å². The first-order valence-corrected chi connectivity index (χ1v) is 14.9. The van der Waals surface area contributed by atoms with E-state index in [0.29, 0.717) is 10.6 Å². The van der Waals surface area contributed by atoms with Gasteiger partial charge in [0, 0.05) is 35.3 Å². The summed E-state index contributed by atoms with van der Waals surface area (Å²) in [5.74, 6) is -1.07. The lowest BCUT2D eigenvalue weighted by molar-refractivity contribution is -0.385. The summed E-state index contributed by atoms with van der Waals surface area (Å²) in [6.07, 6.45) is 0.233. The van der Waals surface area contributed by atoms with Gasteiger partial charge in [-0.05, 0) is 55.3 Å². The number of rotatable bonds is 12. The second kappa shape index (κ2) is 13.9. The number of benzene rings is 3. The molecule has 2 amide bonds. The fraction of sp³-hybridized carbons (Fsp3) is 0.286. The Bertz CT molecular complexity index is 1580. The third-order valence-electron chi connectivity index (χ3n) is 6.55. The Hall–Kier alpha value is -3.87. The Balaban J connectivity index is 2.18. The zero-order valence-electron chi connectivity index (χ0n) is 23.3. The normalized spacial score (nSPS) is 11.9. The molecule has 0 aliphatic heterocycles. The molecular formula is C28H30Cl2N4O7S. The minimum absolute atomic E-state index is 0.0293. The largest absolute Gasteiger partial charge is 0.495 e. The molecule has 3 rings (SSSR count). The van der Waals surface area contributed by atoms with Crippen molar-refractivity contribution in [1.29, 1.82) is 0 Å². The number of nitro groups is 1. The number of aryl methyl sites for hydroxylation is 1. The SMILES string of the molecule is CCC(C(=O)NC)N(Cc1ccc(Cl)cc1)C(=O)CN(c1cc(Cl)ccc1OC)S(=O)(=O)c1ccc(C)c([N+](=O)[O-])c1. The number of nitrogens with zero attached hydrogens (tertiary/aromatic N) is 3. The summed E-state index contributed by atoms with van der Waals surface area (Å²) in [6.45, 7) is 2.40. The van der Waals surface area contributed by atoms with Crippen molar-refractivity contribution in [2.75, 3.05) is 25.0 Å². The fourth-order valence-corrected chi connectivity index (χ4v) is 6.05. The van der Waals surface area contributed by atoms with Gasteiger partial charge in [0.2, 0.25) is 11.8 Å². The highest BCUT2D eigenvalue weighted by Crippen LogP contribution is 2.36. The zero-order chi connectivity index (χ0) is 31.2. The van der Waals surface area contributed by atoms with Crippen LogP contribution in [0, 0.1) is 17.0 Å². The van der Waals surface area contributed by atoms with Gasteiger partial charge in [-0.25, -0.2) is 8.42 Å². The average molecular weight is 638 g/mol. The number of nitrogens with one attached hydrogen (secondary N) is 1. The first kappa shape index (κ1) is 32.6. The molecule has 1 N–H and O–H groups in total. The number of amides is 2. The summed E-state index contributed by atoms with van der Waals surface area (Å²) >= 11 is 12.2. The number of carbonyl (C=O) groups is 2. The van der Waals surface area contributed by atoms with Crippen LogP contribution in [0.1, 0.15) is 24.5 Å². The van der Waals surface area contributed by atoms with Gasteiger partial charge in [0.25, 0.3) is 15.7 Å². The van der Waals surface area contributed by atoms with Crippen molar-refractivity contribution in [3.8, 4) is 5.75 Å². The van der Waals surface area contributed by atoms with Crippen LogP contribution in [0.15, 0.2) is 65.6 Å². The van der Waals surface area contributed by atoms with Crippen LogP contribution in [0.2, 0.25) is 10.0 Å². The maximum absolute atomic E-state index is 14.1. The molecule has 0 saturated carbocycles. The number of methoxy groups -OCH3 is 1. The number of carbonyl (C=O) groups excluding carboxylic acids is 2. The van der Waals surface area contributed by atoms with Gasteiger partial charge in [-0.1, -0.05) is 48.3 Å². The molecule has 1 unspecified atom stereocenters. The summed E-state index contributed by atoms with van der Waals surface area (Å²) in [5, 5.41) is 14.8. The van der Waals surface area contributed by atoms with Crippen molar-refractivity contribution < 1.29 is 27.7 Å². The topological polar surface area (TPSA) is 139 Å². The lowest BCUT2D eigenvalue weighted by Crippen LogP contribution is -2.51. The predicted octanol–water partition coefficient (Wildman–Crippen LogP) is 4.97. The maximum Gasteiger partial charge on any atom is 0.273 e. The van der Waals surface area contributed by atoms with E-state index in [1.165, 1.54) is 56.3 Å². The smallest absolute Gasteiger partial charge is 0.273 e. The Morgan fingerprint density at radius 2 is 1.69 bits per heavy atom. The van der Waals surface area contributed by atoms with E-state index < -0.39 is 49.9 Å². The van der Waals surface area contributed by atoms with E-state index >= 15 is 0 Å².